The van der Waals surface area contributed by atoms with Crippen molar-refractivity contribution in [1.29, 1.82) is 0 Å². The van der Waals surface area contributed by atoms with Gasteiger partial charge in [0.2, 0.25) is 5.91 Å². The second kappa shape index (κ2) is 16.2. The zero-order valence-corrected chi connectivity index (χ0v) is 35.2. The van der Waals surface area contributed by atoms with Gasteiger partial charge in [0, 0.05) is 79.4 Å². The van der Waals surface area contributed by atoms with Crippen molar-refractivity contribution in [3.8, 4) is 5.75 Å². The lowest BCUT2D eigenvalue weighted by atomic mass is 9.61. The van der Waals surface area contributed by atoms with Gasteiger partial charge < -0.3 is 45.4 Å². The normalized spacial score (nSPS) is 31.0. The third kappa shape index (κ3) is 7.12. The predicted octanol–water partition coefficient (Wildman–Crippen LogP) is 4.44. The van der Waals surface area contributed by atoms with E-state index in [2.05, 4.69) is 33.8 Å². The topological polar surface area (TPSA) is 177 Å². The van der Waals surface area contributed by atoms with E-state index >= 15 is 0 Å². The molecular weight excluding hydrogens is 777 g/mol. The molecule has 1 saturated heterocycles. The van der Waals surface area contributed by atoms with Crippen LogP contribution in [0.2, 0.25) is 0 Å². The SMILES string of the molecule is C/C=C(\C)C(=O)O[C@]1(C)CC=C2CSS[C@@H]3C=C[C@H](NC)[C@H]4CN(C(=O)CC5=C(C=C(N)NC5)[C@H]2[C@]12Cc1cc5cc(C[C@H](CO)CCCO)c(=O)oc5cc1O2)[C@H]43. The third-order valence-corrected chi connectivity index (χ3v) is 16.0. The van der Waals surface area contributed by atoms with Gasteiger partial charge in [-0.2, -0.15) is 0 Å². The Morgan fingerprint density at radius 1 is 1.24 bits per heavy atom. The van der Waals surface area contributed by atoms with E-state index in [-0.39, 0.29) is 48.8 Å². The number of fused-ring (bicyclic) bond motifs is 5. The fourth-order valence-corrected chi connectivity index (χ4v) is 12.8. The zero-order chi connectivity index (χ0) is 40.9. The number of likely N-dealkylation sites (N-methyl/N-ethyl adjacent to an activating group) is 1. The fourth-order valence-electron chi connectivity index (χ4n) is 9.88. The minimum Gasteiger partial charge on any atom is -0.481 e. The first-order chi connectivity index (χ1) is 27.9. The highest BCUT2D eigenvalue weighted by atomic mass is 33.1. The smallest absolute Gasteiger partial charge is 0.339 e. The zero-order valence-electron chi connectivity index (χ0n) is 33.5. The van der Waals surface area contributed by atoms with Crippen LogP contribution in [-0.4, -0.2) is 94.6 Å². The Morgan fingerprint density at radius 3 is 2.83 bits per heavy atom. The number of carbonyl (C=O) groups excluding carboxylic acids is 2. The number of amides is 1. The molecule has 8 rings (SSSR count). The molecule has 0 radical (unpaired) electrons. The molecule has 4 aliphatic heterocycles. The quantitative estimate of drug-likeness (QED) is 0.0790. The molecule has 310 valence electrons. The molecule has 1 aromatic heterocycles. The Bertz CT molecular complexity index is 2210. The van der Waals surface area contributed by atoms with Crippen LogP contribution in [0.5, 0.6) is 5.75 Å². The average Bonchev–Trinajstić information content (AvgIpc) is 3.56. The molecule has 0 saturated carbocycles. The summed E-state index contributed by atoms with van der Waals surface area (Å²) >= 11 is 0. The van der Waals surface area contributed by atoms with E-state index in [0.717, 1.165) is 22.3 Å². The molecule has 1 spiro atoms. The number of aliphatic hydroxyl groups is 2. The van der Waals surface area contributed by atoms with Gasteiger partial charge in [-0.3, -0.25) is 4.79 Å². The lowest BCUT2D eigenvalue weighted by Gasteiger charge is -2.55. The van der Waals surface area contributed by atoms with Crippen molar-refractivity contribution < 1.29 is 33.7 Å². The van der Waals surface area contributed by atoms with Crippen LogP contribution in [0, 0.1) is 17.8 Å². The number of esters is 1. The van der Waals surface area contributed by atoms with Gasteiger partial charge in [0.15, 0.2) is 11.2 Å². The summed E-state index contributed by atoms with van der Waals surface area (Å²) in [5.41, 5.74) is 8.82. The number of ether oxygens (including phenoxy) is 2. The van der Waals surface area contributed by atoms with E-state index in [1.165, 1.54) is 0 Å². The molecule has 5 heterocycles. The number of allylic oxidation sites excluding steroid dienone is 2. The molecule has 8 atom stereocenters. The molecule has 6 aliphatic rings. The van der Waals surface area contributed by atoms with Gasteiger partial charge in [0.1, 0.15) is 11.3 Å². The second-order valence-electron chi connectivity index (χ2n) is 16.8. The van der Waals surface area contributed by atoms with Crippen LogP contribution in [0.25, 0.3) is 11.0 Å². The summed E-state index contributed by atoms with van der Waals surface area (Å²) in [5.74, 6) is 1.01. The van der Waals surface area contributed by atoms with Crippen molar-refractivity contribution in [3.05, 3.63) is 98.2 Å². The van der Waals surface area contributed by atoms with E-state index in [1.54, 1.807) is 40.7 Å². The number of dihydropyridines is 1. The van der Waals surface area contributed by atoms with Crippen molar-refractivity contribution in [1.82, 2.24) is 15.5 Å². The highest BCUT2D eigenvalue weighted by Crippen LogP contribution is 2.58. The molecule has 0 unspecified atom stereocenters. The number of nitrogens with one attached hydrogen (secondary N) is 2. The van der Waals surface area contributed by atoms with Gasteiger partial charge >= 0.3 is 11.6 Å². The maximum atomic E-state index is 14.4. The van der Waals surface area contributed by atoms with Crippen LogP contribution >= 0.6 is 21.6 Å². The lowest BCUT2D eigenvalue weighted by Crippen LogP contribution is -2.68. The van der Waals surface area contributed by atoms with Gasteiger partial charge in [0.05, 0.1) is 29.5 Å². The molecule has 1 amide bonds. The maximum Gasteiger partial charge on any atom is 0.339 e. The Hall–Kier alpha value is -3.95. The molecule has 58 heavy (non-hydrogen) atoms. The number of nitrogens with two attached hydrogens (primary N) is 1. The Labute approximate surface area is 346 Å². The third-order valence-electron chi connectivity index (χ3n) is 13.3. The minimum absolute atomic E-state index is 0.0107. The molecule has 1 aromatic carbocycles. The average molecular weight is 831 g/mol. The van der Waals surface area contributed by atoms with Crippen molar-refractivity contribution in [2.24, 2.45) is 23.5 Å². The first kappa shape index (κ1) is 40.8. The van der Waals surface area contributed by atoms with E-state index in [0.29, 0.717) is 90.5 Å². The number of carbonyl (C=O) groups is 2. The predicted molar refractivity (Wildman–Crippen MR) is 227 cm³/mol. The fraction of sp³-hybridized carbons (Fsp3) is 0.523. The summed E-state index contributed by atoms with van der Waals surface area (Å²) in [6, 6.07) is 5.90. The van der Waals surface area contributed by atoms with Gasteiger partial charge in [-0.25, -0.2) is 9.59 Å². The highest BCUT2D eigenvalue weighted by molar-refractivity contribution is 8.77. The first-order valence-electron chi connectivity index (χ1n) is 20.3. The Kier molecular flexibility index (Phi) is 11.4. The van der Waals surface area contributed by atoms with Gasteiger partial charge in [0.25, 0.3) is 0 Å². The summed E-state index contributed by atoms with van der Waals surface area (Å²) < 4.78 is 19.8. The van der Waals surface area contributed by atoms with Crippen molar-refractivity contribution in [2.45, 2.75) is 87.8 Å². The molecular formula is C44H54N4O8S2. The number of aliphatic hydroxyl groups excluding tert-OH is 2. The molecule has 1 fully saturated rings. The summed E-state index contributed by atoms with van der Waals surface area (Å²) in [4.78, 5) is 43.6. The van der Waals surface area contributed by atoms with Gasteiger partial charge in [-0.1, -0.05) is 51.5 Å². The highest BCUT2D eigenvalue weighted by Gasteiger charge is 2.64. The summed E-state index contributed by atoms with van der Waals surface area (Å²) in [5, 5.41) is 27.0. The minimum atomic E-state index is -1.19. The lowest BCUT2D eigenvalue weighted by molar-refractivity contribution is -0.186. The molecule has 6 N–H and O–H groups in total. The summed E-state index contributed by atoms with van der Waals surface area (Å²) in [7, 11) is 5.55. The number of nitrogens with zero attached hydrogens (tertiary/aromatic N) is 1. The van der Waals surface area contributed by atoms with E-state index < -0.39 is 28.7 Å². The number of hydrogen-bond donors (Lipinski definition) is 5. The number of rotatable bonds is 9. The van der Waals surface area contributed by atoms with Gasteiger partial charge in [-0.15, -0.1) is 0 Å². The van der Waals surface area contributed by atoms with Crippen LogP contribution in [0.1, 0.15) is 57.6 Å². The van der Waals surface area contributed by atoms with Crippen LogP contribution in [0.15, 0.2) is 85.9 Å². The standard InChI is InChI=1S/C44H54N4O8S2/c1-5-24(2)41(52)56-43(3)11-10-26-23-57-58-36-9-8-33(46-4)32-21-48(40(32)36)38(51)16-30-20-47-37(45)17-31(30)39(26)44(43)19-29-15-27-14-28(13-25(22-50)7-6-12-49)42(53)54-34(27)18-35(29)55-44/h5,8-10,14-15,17-18,25,32-33,36,39-40,46-47,49-50H,6-7,11-13,16,19-23,45H2,1-4H3/b24-5+/t25-,32-,33+,36-,39+,40-,43-,44-/m1/s1. The van der Waals surface area contributed by atoms with E-state index in [9.17, 15) is 24.6 Å². The van der Waals surface area contributed by atoms with Gasteiger partial charge in [-0.05, 0) is 87.9 Å². The Balaban J connectivity index is 1.25. The van der Waals surface area contributed by atoms with Crippen LogP contribution in [0.4, 0.5) is 0 Å². The Morgan fingerprint density at radius 2 is 2.07 bits per heavy atom. The van der Waals surface area contributed by atoms with Crippen LogP contribution < -0.4 is 26.7 Å². The molecule has 12 nitrogen and oxygen atoms in total. The largest absolute Gasteiger partial charge is 0.481 e. The summed E-state index contributed by atoms with van der Waals surface area (Å²) in [6.07, 6.45) is 12.7. The summed E-state index contributed by atoms with van der Waals surface area (Å²) in [6.45, 7) is 6.48. The monoisotopic (exact) mass is 830 g/mol. The molecule has 2 aliphatic carbocycles. The number of benzene rings is 1. The van der Waals surface area contributed by atoms with Crippen LogP contribution in [0.3, 0.4) is 0 Å². The number of hydrogen-bond acceptors (Lipinski definition) is 13. The first-order valence-corrected chi connectivity index (χ1v) is 22.7. The van der Waals surface area contributed by atoms with Crippen molar-refractivity contribution in [3.63, 3.8) is 0 Å². The van der Waals surface area contributed by atoms with Crippen LogP contribution in [-0.2, 0) is 27.2 Å². The second-order valence-corrected chi connectivity index (χ2v) is 19.3. The van der Waals surface area contributed by atoms with E-state index in [1.807, 2.05) is 39.1 Å². The molecule has 2 aromatic rings. The molecule has 14 heteroatoms. The maximum absolute atomic E-state index is 14.4. The van der Waals surface area contributed by atoms with Crippen molar-refractivity contribution >= 4 is 44.4 Å². The van der Waals surface area contributed by atoms with E-state index in [4.69, 9.17) is 19.6 Å². The van der Waals surface area contributed by atoms with Crippen molar-refractivity contribution in [2.75, 3.05) is 39.1 Å². The molecule has 0 bridgehead atoms.